The first-order chi connectivity index (χ1) is 21.8. The van der Waals surface area contributed by atoms with E-state index in [9.17, 15) is 19.2 Å². The molecule has 0 spiro atoms. The van der Waals surface area contributed by atoms with Crippen molar-refractivity contribution < 1.29 is 28.3 Å². The van der Waals surface area contributed by atoms with Gasteiger partial charge in [0, 0.05) is 45.1 Å². The molecular weight excluding hydrogens is 576 g/mol. The highest BCUT2D eigenvalue weighted by Gasteiger charge is 2.43. The summed E-state index contributed by atoms with van der Waals surface area (Å²) < 4.78 is 18.0. The highest BCUT2D eigenvalue weighted by molar-refractivity contribution is 5.80. The zero-order valence-corrected chi connectivity index (χ0v) is 26.1. The maximum absolute atomic E-state index is 13.9. The van der Waals surface area contributed by atoms with Crippen LogP contribution in [0.4, 0.5) is 0 Å². The van der Waals surface area contributed by atoms with E-state index in [1.807, 2.05) is 21.9 Å². The summed E-state index contributed by atoms with van der Waals surface area (Å²) in [7, 11) is 3.24. The van der Waals surface area contributed by atoms with Crippen LogP contribution in [0.2, 0.25) is 0 Å². The molecule has 1 N–H and O–H groups in total. The lowest BCUT2D eigenvalue weighted by Gasteiger charge is -2.51. The van der Waals surface area contributed by atoms with Crippen LogP contribution in [-0.4, -0.2) is 78.5 Å². The van der Waals surface area contributed by atoms with Gasteiger partial charge in [-0.15, -0.1) is 0 Å². The summed E-state index contributed by atoms with van der Waals surface area (Å²) in [4.78, 5) is 56.5. The van der Waals surface area contributed by atoms with E-state index in [0.717, 1.165) is 30.4 Å². The van der Waals surface area contributed by atoms with Gasteiger partial charge in [0.05, 0.1) is 19.7 Å². The Kier molecular flexibility index (Phi) is 9.14. The van der Waals surface area contributed by atoms with Crippen molar-refractivity contribution in [3.05, 3.63) is 58.1 Å². The first-order valence-electron chi connectivity index (χ1n) is 16.0. The van der Waals surface area contributed by atoms with Crippen molar-refractivity contribution in [3.63, 3.8) is 0 Å². The molecule has 1 aromatic heterocycles. The van der Waals surface area contributed by atoms with Gasteiger partial charge in [0.15, 0.2) is 17.1 Å². The van der Waals surface area contributed by atoms with Gasteiger partial charge in [-0.3, -0.25) is 19.0 Å². The Balaban J connectivity index is 1.21. The zero-order valence-electron chi connectivity index (χ0n) is 26.1. The highest BCUT2D eigenvalue weighted by atomic mass is 16.5. The zero-order chi connectivity index (χ0) is 31.5. The number of nitrogens with zero attached hydrogens (tertiary/aromatic N) is 3. The van der Waals surface area contributed by atoms with Gasteiger partial charge in [0.2, 0.25) is 17.7 Å². The Hall–Kier alpha value is -4.28. The van der Waals surface area contributed by atoms with Crippen molar-refractivity contribution in [3.8, 4) is 11.5 Å². The summed E-state index contributed by atoms with van der Waals surface area (Å²) in [6.45, 7) is 2.11. The predicted molar refractivity (Wildman–Crippen MR) is 167 cm³/mol. The third-order valence-corrected chi connectivity index (χ3v) is 9.60. The van der Waals surface area contributed by atoms with Crippen LogP contribution in [0, 0.1) is 11.8 Å². The molecule has 0 radical (unpaired) electrons. The van der Waals surface area contributed by atoms with Crippen molar-refractivity contribution in [1.29, 1.82) is 0 Å². The number of hydrogen-bond donors (Lipinski definition) is 1. The monoisotopic (exact) mass is 618 g/mol. The molecule has 4 heterocycles. The van der Waals surface area contributed by atoms with Crippen LogP contribution < -0.4 is 20.5 Å². The minimum absolute atomic E-state index is 0.00480. The summed E-state index contributed by atoms with van der Waals surface area (Å²) in [6.07, 6.45) is 5.11. The summed E-state index contributed by atoms with van der Waals surface area (Å²) in [5.74, 6) is 0.998. The highest BCUT2D eigenvalue weighted by Crippen LogP contribution is 2.37. The lowest BCUT2D eigenvalue weighted by Crippen LogP contribution is -2.60. The Morgan fingerprint density at radius 2 is 1.82 bits per heavy atom. The average molecular weight is 619 g/mol. The fourth-order valence-electron chi connectivity index (χ4n) is 7.50. The van der Waals surface area contributed by atoms with Gasteiger partial charge in [0.25, 0.3) is 0 Å². The number of piperidine rings is 2. The van der Waals surface area contributed by atoms with E-state index in [1.54, 1.807) is 32.4 Å². The molecule has 45 heavy (non-hydrogen) atoms. The number of amides is 3. The van der Waals surface area contributed by atoms with Gasteiger partial charge in [-0.1, -0.05) is 18.2 Å². The molecule has 11 nitrogen and oxygen atoms in total. The molecule has 4 bridgehead atoms. The number of rotatable bonds is 4. The van der Waals surface area contributed by atoms with Crippen LogP contribution >= 0.6 is 0 Å². The number of ether oxygens (including phenoxy) is 2. The number of carbonyl (C=O) groups excluding carboxylic acids is 3. The molecule has 0 saturated carbocycles. The van der Waals surface area contributed by atoms with Crippen LogP contribution in [-0.2, 0) is 33.8 Å². The maximum atomic E-state index is 13.9. The van der Waals surface area contributed by atoms with Crippen molar-refractivity contribution in [2.75, 3.05) is 40.4 Å². The van der Waals surface area contributed by atoms with E-state index in [4.69, 9.17) is 13.9 Å². The number of benzene rings is 2. The second-order valence-electron chi connectivity index (χ2n) is 12.5. The van der Waals surface area contributed by atoms with E-state index in [2.05, 4.69) is 11.4 Å². The van der Waals surface area contributed by atoms with Crippen LogP contribution in [0.1, 0.15) is 49.7 Å². The molecule has 11 heteroatoms. The van der Waals surface area contributed by atoms with E-state index >= 15 is 0 Å². The third kappa shape index (κ3) is 6.57. The second-order valence-corrected chi connectivity index (χ2v) is 12.5. The Labute approximate surface area is 262 Å². The molecule has 240 valence electrons. The van der Waals surface area contributed by atoms with E-state index in [0.29, 0.717) is 80.9 Å². The molecule has 2 saturated heterocycles. The molecule has 3 aliphatic heterocycles. The molecule has 3 aromatic rings. The standard InChI is InChI=1S/C34H42N4O7/c1-43-29-17-22-12-13-31(40)37-19-23-16-25(26(37)9-5-11-30(39)35-14-6-7-24(15-22)33(29)44-2)20-36(18-23)32(41)21-38-27-8-3-4-10-28(27)45-34(38)42/h3-4,8,10,15,17,23,25-26H,5-7,9,11-14,16,18-21H2,1-2H3,(H,35,39)/t23-,25+,26-/m0/s1. The molecule has 2 fully saturated rings. The van der Waals surface area contributed by atoms with Gasteiger partial charge in [-0.2, -0.15) is 0 Å². The number of aromatic nitrogens is 1. The Morgan fingerprint density at radius 3 is 2.64 bits per heavy atom. The van der Waals surface area contributed by atoms with Crippen molar-refractivity contribution in [2.24, 2.45) is 11.8 Å². The normalized spacial score (nSPS) is 22.9. The molecule has 3 atom stereocenters. The quantitative estimate of drug-likeness (QED) is 0.477. The second kappa shape index (κ2) is 13.4. The van der Waals surface area contributed by atoms with Gasteiger partial charge >= 0.3 is 5.76 Å². The molecular formula is C34H42N4O7. The third-order valence-electron chi connectivity index (χ3n) is 9.60. The maximum Gasteiger partial charge on any atom is 0.420 e. The SMILES string of the molecule is COc1cc2cc(c1OC)CCCNC(=O)CCC[C@H]1[C@@H]3C[C@@H](CN(C(=O)Cn4c(=O)oc5ccccc54)C3)CN1C(=O)CC2. The summed E-state index contributed by atoms with van der Waals surface area (Å²) in [5.41, 5.74) is 3.07. The number of fused-ring (bicyclic) bond motifs is 7. The van der Waals surface area contributed by atoms with Crippen LogP contribution in [0.3, 0.4) is 0 Å². The number of oxazole rings is 1. The fraction of sp³-hybridized carbons (Fsp3) is 0.529. The van der Waals surface area contributed by atoms with Crippen molar-refractivity contribution >= 4 is 28.8 Å². The molecule has 3 aliphatic rings. The molecule has 2 aromatic carbocycles. The number of aryl methyl sites for hydroxylation is 2. The topological polar surface area (TPSA) is 123 Å². The number of likely N-dealkylation sites (tertiary alicyclic amines) is 1. The summed E-state index contributed by atoms with van der Waals surface area (Å²) in [5, 5.41) is 3.04. The smallest absolute Gasteiger partial charge is 0.420 e. The first kappa shape index (κ1) is 30.7. The van der Waals surface area contributed by atoms with Crippen molar-refractivity contribution in [2.45, 2.75) is 64.0 Å². The fourth-order valence-corrected chi connectivity index (χ4v) is 7.50. The lowest BCUT2D eigenvalue weighted by atomic mass is 9.77. The number of carbonyl (C=O) groups is 3. The van der Waals surface area contributed by atoms with Gasteiger partial charge < -0.3 is 29.0 Å². The number of para-hydroxylation sites is 2. The molecule has 6 rings (SSSR count). The van der Waals surface area contributed by atoms with E-state index in [1.165, 1.54) is 4.57 Å². The lowest BCUT2D eigenvalue weighted by molar-refractivity contribution is -0.145. The minimum Gasteiger partial charge on any atom is -0.493 e. The average Bonchev–Trinajstić information content (AvgIpc) is 3.36. The summed E-state index contributed by atoms with van der Waals surface area (Å²) in [6, 6.07) is 11.1. The van der Waals surface area contributed by atoms with Crippen LogP contribution in [0.25, 0.3) is 11.1 Å². The predicted octanol–water partition coefficient (Wildman–Crippen LogP) is 3.15. The first-order valence-corrected chi connectivity index (χ1v) is 16.0. The van der Waals surface area contributed by atoms with Crippen molar-refractivity contribution in [1.82, 2.24) is 19.7 Å². The van der Waals surface area contributed by atoms with Gasteiger partial charge in [0.1, 0.15) is 6.54 Å². The van der Waals surface area contributed by atoms with E-state index < -0.39 is 5.76 Å². The number of methoxy groups -OCH3 is 2. The molecule has 0 unspecified atom stereocenters. The molecule has 3 amide bonds. The van der Waals surface area contributed by atoms with Crippen LogP contribution in [0.5, 0.6) is 11.5 Å². The Bertz CT molecular complexity index is 1630. The van der Waals surface area contributed by atoms with Gasteiger partial charge in [-0.05, 0) is 79.7 Å². The minimum atomic E-state index is -0.545. The number of nitrogens with one attached hydrogen (secondary N) is 1. The Morgan fingerprint density at radius 1 is 0.978 bits per heavy atom. The van der Waals surface area contributed by atoms with Crippen LogP contribution in [0.15, 0.2) is 45.6 Å². The molecule has 0 aliphatic carbocycles. The number of hydrogen-bond acceptors (Lipinski definition) is 7. The van der Waals surface area contributed by atoms with E-state index in [-0.39, 0.29) is 42.1 Å². The summed E-state index contributed by atoms with van der Waals surface area (Å²) >= 11 is 0. The van der Waals surface area contributed by atoms with Gasteiger partial charge in [-0.25, -0.2) is 4.79 Å². The largest absolute Gasteiger partial charge is 0.493 e.